The summed E-state index contributed by atoms with van der Waals surface area (Å²) in [5, 5.41) is 3.46. The lowest BCUT2D eigenvalue weighted by Crippen LogP contribution is -2.07. The molecule has 0 bridgehead atoms. The fourth-order valence-corrected chi connectivity index (χ4v) is 2.10. The first-order valence-electron chi connectivity index (χ1n) is 7.04. The zero-order valence-corrected chi connectivity index (χ0v) is 13.0. The van der Waals surface area contributed by atoms with E-state index < -0.39 is 5.82 Å². The minimum atomic E-state index is -0.397. The maximum absolute atomic E-state index is 13.5. The predicted octanol–water partition coefficient (Wildman–Crippen LogP) is 5.44. The molecule has 0 fully saturated rings. The third-order valence-corrected chi connectivity index (χ3v) is 3.46. The Morgan fingerprint density at radius 3 is 2.52 bits per heavy atom. The Bertz CT molecular complexity index is 586. The predicted molar refractivity (Wildman–Crippen MR) is 85.7 cm³/mol. The van der Waals surface area contributed by atoms with Crippen molar-refractivity contribution in [3.8, 4) is 5.75 Å². The molecule has 0 spiro atoms. The Morgan fingerprint density at radius 2 is 1.90 bits per heavy atom. The van der Waals surface area contributed by atoms with Crippen molar-refractivity contribution in [2.75, 3.05) is 11.9 Å². The number of ether oxygens (including phenoxy) is 1. The first kappa shape index (κ1) is 15.6. The Kier molecular flexibility index (Phi) is 5.45. The van der Waals surface area contributed by atoms with Crippen molar-refractivity contribution >= 4 is 17.3 Å². The summed E-state index contributed by atoms with van der Waals surface area (Å²) < 4.78 is 19.0. The van der Waals surface area contributed by atoms with E-state index in [1.54, 1.807) is 6.07 Å². The van der Waals surface area contributed by atoms with Gasteiger partial charge in [0, 0.05) is 11.7 Å². The molecule has 112 valence electrons. The molecular formula is C17H19ClFNO. The Labute approximate surface area is 129 Å². The van der Waals surface area contributed by atoms with E-state index in [2.05, 4.69) is 12.2 Å². The molecule has 0 aliphatic heterocycles. The number of rotatable bonds is 6. The average Bonchev–Trinajstić information content (AvgIpc) is 2.49. The van der Waals surface area contributed by atoms with Crippen LogP contribution in [-0.2, 0) is 0 Å². The molecule has 2 aromatic rings. The third-order valence-electron chi connectivity index (χ3n) is 3.15. The monoisotopic (exact) mass is 307 g/mol. The standard InChI is InChI=1S/C17H19ClFNO/c1-3-10-21-15-7-5-14(6-8-15)20-12(2)13-4-9-16(18)17(19)11-13/h4-9,11-12,20H,3,10H2,1-2H3. The molecule has 0 aliphatic rings. The van der Waals surface area contributed by atoms with Crippen LogP contribution in [0.4, 0.5) is 10.1 Å². The number of nitrogens with one attached hydrogen (secondary N) is 1. The van der Waals surface area contributed by atoms with Crippen molar-refractivity contribution in [2.24, 2.45) is 0 Å². The van der Waals surface area contributed by atoms with Crippen molar-refractivity contribution in [3.05, 3.63) is 58.9 Å². The third kappa shape index (κ3) is 4.36. The SMILES string of the molecule is CCCOc1ccc(NC(C)c2ccc(Cl)c(F)c2)cc1. The van der Waals surface area contributed by atoms with Crippen molar-refractivity contribution in [1.29, 1.82) is 0 Å². The molecule has 4 heteroatoms. The van der Waals surface area contributed by atoms with Crippen molar-refractivity contribution in [2.45, 2.75) is 26.3 Å². The van der Waals surface area contributed by atoms with E-state index in [4.69, 9.17) is 16.3 Å². The van der Waals surface area contributed by atoms with Gasteiger partial charge in [0.25, 0.3) is 0 Å². The van der Waals surface area contributed by atoms with Gasteiger partial charge in [0.05, 0.1) is 11.6 Å². The van der Waals surface area contributed by atoms with E-state index in [0.717, 1.165) is 23.4 Å². The number of benzene rings is 2. The fourth-order valence-electron chi connectivity index (χ4n) is 1.98. The first-order chi connectivity index (χ1) is 10.1. The molecule has 1 N–H and O–H groups in total. The van der Waals surface area contributed by atoms with Crippen LogP contribution in [0.2, 0.25) is 5.02 Å². The van der Waals surface area contributed by atoms with Gasteiger partial charge in [-0.25, -0.2) is 4.39 Å². The van der Waals surface area contributed by atoms with Gasteiger partial charge < -0.3 is 10.1 Å². The highest BCUT2D eigenvalue weighted by Crippen LogP contribution is 2.24. The second-order valence-electron chi connectivity index (χ2n) is 4.91. The zero-order valence-electron chi connectivity index (χ0n) is 12.2. The van der Waals surface area contributed by atoms with Crippen LogP contribution >= 0.6 is 11.6 Å². The van der Waals surface area contributed by atoms with Gasteiger partial charge in [-0.15, -0.1) is 0 Å². The number of hydrogen-bond acceptors (Lipinski definition) is 2. The molecule has 0 heterocycles. The summed E-state index contributed by atoms with van der Waals surface area (Å²) in [6.45, 7) is 4.76. The lowest BCUT2D eigenvalue weighted by atomic mass is 10.1. The van der Waals surface area contributed by atoms with Gasteiger partial charge in [0.1, 0.15) is 11.6 Å². The summed E-state index contributed by atoms with van der Waals surface area (Å²) in [7, 11) is 0. The molecule has 0 aliphatic carbocycles. The van der Waals surface area contributed by atoms with Crippen LogP contribution in [0.15, 0.2) is 42.5 Å². The normalized spacial score (nSPS) is 12.0. The molecule has 1 atom stereocenters. The number of anilines is 1. The highest BCUT2D eigenvalue weighted by atomic mass is 35.5. The first-order valence-corrected chi connectivity index (χ1v) is 7.42. The maximum Gasteiger partial charge on any atom is 0.142 e. The van der Waals surface area contributed by atoms with Crippen LogP contribution in [0.5, 0.6) is 5.75 Å². The van der Waals surface area contributed by atoms with Crippen LogP contribution in [0, 0.1) is 5.82 Å². The minimum absolute atomic E-state index is 0.0147. The molecular weight excluding hydrogens is 289 g/mol. The second kappa shape index (κ2) is 7.32. The molecule has 0 amide bonds. The zero-order chi connectivity index (χ0) is 15.2. The largest absolute Gasteiger partial charge is 0.494 e. The van der Waals surface area contributed by atoms with Crippen LogP contribution < -0.4 is 10.1 Å². The molecule has 1 unspecified atom stereocenters. The molecule has 21 heavy (non-hydrogen) atoms. The summed E-state index contributed by atoms with van der Waals surface area (Å²) in [5.74, 6) is 0.457. The summed E-state index contributed by atoms with van der Waals surface area (Å²) in [5.41, 5.74) is 1.81. The quantitative estimate of drug-likeness (QED) is 0.767. The van der Waals surface area contributed by atoms with E-state index in [0.29, 0.717) is 6.61 Å². The Hall–Kier alpha value is -1.74. The van der Waals surface area contributed by atoms with Gasteiger partial charge in [-0.1, -0.05) is 24.6 Å². The van der Waals surface area contributed by atoms with Gasteiger partial charge in [-0.2, -0.15) is 0 Å². The number of hydrogen-bond donors (Lipinski definition) is 1. The molecule has 2 nitrogen and oxygen atoms in total. The summed E-state index contributed by atoms with van der Waals surface area (Å²) in [6.07, 6.45) is 0.985. The molecule has 0 saturated heterocycles. The van der Waals surface area contributed by atoms with Crippen LogP contribution in [0.3, 0.4) is 0 Å². The number of halogens is 2. The van der Waals surface area contributed by atoms with Gasteiger partial charge in [0.15, 0.2) is 0 Å². The highest BCUT2D eigenvalue weighted by molar-refractivity contribution is 6.30. The molecule has 2 aromatic carbocycles. The maximum atomic E-state index is 13.5. The highest BCUT2D eigenvalue weighted by Gasteiger charge is 2.08. The topological polar surface area (TPSA) is 21.3 Å². The van der Waals surface area contributed by atoms with Crippen LogP contribution in [0.1, 0.15) is 31.9 Å². The van der Waals surface area contributed by atoms with Crippen LogP contribution in [-0.4, -0.2) is 6.61 Å². The van der Waals surface area contributed by atoms with Gasteiger partial charge in [0.2, 0.25) is 0 Å². The van der Waals surface area contributed by atoms with Gasteiger partial charge >= 0.3 is 0 Å². The molecule has 0 saturated carbocycles. The van der Waals surface area contributed by atoms with Crippen molar-refractivity contribution in [3.63, 3.8) is 0 Å². The molecule has 0 radical (unpaired) electrons. The molecule has 2 rings (SSSR count). The van der Waals surface area contributed by atoms with E-state index in [1.807, 2.05) is 37.3 Å². The second-order valence-corrected chi connectivity index (χ2v) is 5.32. The summed E-state index contributed by atoms with van der Waals surface area (Å²) in [4.78, 5) is 0. The van der Waals surface area contributed by atoms with Crippen molar-refractivity contribution in [1.82, 2.24) is 0 Å². The van der Waals surface area contributed by atoms with E-state index in [1.165, 1.54) is 6.07 Å². The Balaban J connectivity index is 2.01. The van der Waals surface area contributed by atoms with Crippen LogP contribution in [0.25, 0.3) is 0 Å². The minimum Gasteiger partial charge on any atom is -0.494 e. The van der Waals surface area contributed by atoms with E-state index >= 15 is 0 Å². The lowest BCUT2D eigenvalue weighted by Gasteiger charge is -2.16. The summed E-state index contributed by atoms with van der Waals surface area (Å²) >= 11 is 5.70. The smallest absolute Gasteiger partial charge is 0.142 e. The average molecular weight is 308 g/mol. The van der Waals surface area contributed by atoms with E-state index in [9.17, 15) is 4.39 Å². The Morgan fingerprint density at radius 1 is 1.19 bits per heavy atom. The van der Waals surface area contributed by atoms with Crippen molar-refractivity contribution < 1.29 is 9.13 Å². The summed E-state index contributed by atoms with van der Waals surface area (Å²) in [6, 6.07) is 12.6. The lowest BCUT2D eigenvalue weighted by molar-refractivity contribution is 0.317. The molecule has 0 aromatic heterocycles. The fraction of sp³-hybridized carbons (Fsp3) is 0.294. The van der Waals surface area contributed by atoms with Gasteiger partial charge in [-0.3, -0.25) is 0 Å². The van der Waals surface area contributed by atoms with E-state index in [-0.39, 0.29) is 11.1 Å². The van der Waals surface area contributed by atoms with Gasteiger partial charge in [-0.05, 0) is 55.3 Å².